The zero-order valence-electron chi connectivity index (χ0n) is 13.3. The average molecular weight is 462 g/mol. The largest absolute Gasteiger partial charge is 0.370 e. The first-order chi connectivity index (χ1) is 11.2. The predicted molar refractivity (Wildman–Crippen MR) is 106 cm³/mol. The van der Waals surface area contributed by atoms with Gasteiger partial charge in [-0.1, -0.05) is 41.7 Å². The number of halogens is 2. The summed E-state index contributed by atoms with van der Waals surface area (Å²) in [5, 5.41) is 4.60. The normalized spacial score (nSPS) is 15.7. The van der Waals surface area contributed by atoms with Gasteiger partial charge >= 0.3 is 0 Å². The number of benzene rings is 1. The highest BCUT2D eigenvalue weighted by molar-refractivity contribution is 14.0. The van der Waals surface area contributed by atoms with Gasteiger partial charge in [-0.05, 0) is 25.0 Å². The number of aliphatic imine (C=N–C) groups is 1. The molecule has 2 aromatic rings. The second-order valence-corrected chi connectivity index (χ2v) is 6.03. The van der Waals surface area contributed by atoms with Gasteiger partial charge in [0.15, 0.2) is 5.96 Å². The van der Waals surface area contributed by atoms with Crippen LogP contribution < -0.4 is 5.73 Å². The monoisotopic (exact) mass is 461 g/mol. The highest BCUT2D eigenvalue weighted by atomic mass is 127. The van der Waals surface area contributed by atoms with Crippen LogP contribution in [-0.4, -0.2) is 34.1 Å². The van der Waals surface area contributed by atoms with Crippen LogP contribution in [0.2, 0.25) is 5.02 Å². The van der Waals surface area contributed by atoms with Crippen LogP contribution in [0, 0.1) is 0 Å². The Bertz CT molecular complexity index is 683. The molecule has 0 spiro atoms. The molecule has 0 unspecified atom stereocenters. The predicted octanol–water partition coefficient (Wildman–Crippen LogP) is 3.70. The lowest BCUT2D eigenvalue weighted by Crippen LogP contribution is -2.38. The maximum atomic E-state index is 6.07. The summed E-state index contributed by atoms with van der Waals surface area (Å²) in [5.41, 5.74) is 6.89. The smallest absolute Gasteiger partial charge is 0.248 e. The summed E-state index contributed by atoms with van der Waals surface area (Å²) in [6, 6.07) is 7.34. The molecule has 0 amide bonds. The fourth-order valence-corrected chi connectivity index (χ4v) is 2.80. The van der Waals surface area contributed by atoms with E-state index in [0.29, 0.717) is 22.7 Å². The van der Waals surface area contributed by atoms with Gasteiger partial charge in [-0.25, -0.2) is 4.99 Å². The van der Waals surface area contributed by atoms with Crippen molar-refractivity contribution in [1.82, 2.24) is 15.0 Å². The molecule has 1 aromatic carbocycles. The summed E-state index contributed by atoms with van der Waals surface area (Å²) in [6.45, 7) is 2.22. The first-order valence-corrected chi connectivity index (χ1v) is 8.23. The molecule has 1 saturated heterocycles. The van der Waals surface area contributed by atoms with E-state index in [9.17, 15) is 0 Å². The first-order valence-electron chi connectivity index (χ1n) is 7.86. The lowest BCUT2D eigenvalue weighted by atomic mass is 10.2. The molecule has 1 aliphatic rings. The van der Waals surface area contributed by atoms with Crippen molar-refractivity contribution in [3.8, 4) is 11.4 Å². The Labute approximate surface area is 163 Å². The summed E-state index contributed by atoms with van der Waals surface area (Å²) in [5.74, 6) is 1.50. The highest BCUT2D eigenvalue weighted by Crippen LogP contribution is 2.20. The number of hydrogen-bond donors (Lipinski definition) is 1. The van der Waals surface area contributed by atoms with Gasteiger partial charge in [0.2, 0.25) is 11.7 Å². The van der Waals surface area contributed by atoms with Crippen LogP contribution in [0.15, 0.2) is 33.8 Å². The van der Waals surface area contributed by atoms with Gasteiger partial charge < -0.3 is 15.2 Å². The van der Waals surface area contributed by atoms with Crippen LogP contribution in [-0.2, 0) is 6.54 Å². The van der Waals surface area contributed by atoms with Crippen LogP contribution in [0.3, 0.4) is 0 Å². The second-order valence-electron chi connectivity index (χ2n) is 5.60. The van der Waals surface area contributed by atoms with E-state index in [4.69, 9.17) is 21.9 Å². The maximum absolute atomic E-state index is 6.07. The zero-order chi connectivity index (χ0) is 16.1. The Balaban J connectivity index is 0.00000208. The second kappa shape index (κ2) is 9.22. The molecular formula is C16H21ClIN5O. The van der Waals surface area contributed by atoms with Crippen molar-refractivity contribution in [2.24, 2.45) is 10.7 Å². The average Bonchev–Trinajstić information content (AvgIpc) is 2.86. The minimum atomic E-state index is 0. The van der Waals surface area contributed by atoms with E-state index in [1.165, 1.54) is 12.8 Å². The van der Waals surface area contributed by atoms with Crippen molar-refractivity contribution in [3.05, 3.63) is 35.2 Å². The van der Waals surface area contributed by atoms with Gasteiger partial charge in [0.05, 0.1) is 0 Å². The Morgan fingerprint density at radius 1 is 1.25 bits per heavy atom. The molecular weight excluding hydrogens is 441 g/mol. The van der Waals surface area contributed by atoms with Gasteiger partial charge in [-0.3, -0.25) is 0 Å². The SMILES string of the molecule is I.NC(=NCc1nc(-c2cccc(Cl)c2)no1)N1CCCCCC1. The van der Waals surface area contributed by atoms with Crippen LogP contribution in [0.4, 0.5) is 0 Å². The van der Waals surface area contributed by atoms with Crippen molar-refractivity contribution in [2.75, 3.05) is 13.1 Å². The molecule has 1 aromatic heterocycles. The van der Waals surface area contributed by atoms with Gasteiger partial charge in [-0.15, -0.1) is 24.0 Å². The van der Waals surface area contributed by atoms with Crippen LogP contribution in [0.1, 0.15) is 31.6 Å². The van der Waals surface area contributed by atoms with Crippen molar-refractivity contribution in [1.29, 1.82) is 0 Å². The number of rotatable bonds is 3. The molecule has 8 heteroatoms. The standard InChI is InChI=1S/C16H20ClN5O.HI/c17-13-7-5-6-12(10-13)15-20-14(23-21-15)11-19-16(18)22-8-3-1-2-4-9-22;/h5-7,10H,1-4,8-9,11H2,(H2,18,19);1H. The topological polar surface area (TPSA) is 80.5 Å². The molecule has 1 fully saturated rings. The summed E-state index contributed by atoms with van der Waals surface area (Å²) in [6.07, 6.45) is 4.85. The summed E-state index contributed by atoms with van der Waals surface area (Å²) < 4.78 is 5.24. The van der Waals surface area contributed by atoms with Crippen molar-refractivity contribution in [3.63, 3.8) is 0 Å². The Kier molecular flexibility index (Phi) is 7.29. The third-order valence-corrected chi connectivity index (χ3v) is 4.09. The third-order valence-electron chi connectivity index (χ3n) is 3.86. The van der Waals surface area contributed by atoms with E-state index in [-0.39, 0.29) is 30.5 Å². The lowest BCUT2D eigenvalue weighted by Gasteiger charge is -2.20. The number of hydrogen-bond acceptors (Lipinski definition) is 4. The Morgan fingerprint density at radius 2 is 2.00 bits per heavy atom. The van der Waals surface area contributed by atoms with Crippen molar-refractivity contribution >= 4 is 41.5 Å². The van der Waals surface area contributed by atoms with Crippen LogP contribution >= 0.6 is 35.6 Å². The first kappa shape index (κ1) is 19.0. The number of aromatic nitrogens is 2. The minimum Gasteiger partial charge on any atom is -0.370 e. The Morgan fingerprint density at radius 3 is 2.71 bits per heavy atom. The van der Waals surface area contributed by atoms with Gasteiger partial charge in [0.25, 0.3) is 0 Å². The van der Waals surface area contributed by atoms with E-state index >= 15 is 0 Å². The quantitative estimate of drug-likeness (QED) is 0.428. The Hall–Kier alpha value is -1.35. The summed E-state index contributed by atoms with van der Waals surface area (Å²) in [7, 11) is 0. The molecule has 2 N–H and O–H groups in total. The lowest BCUT2D eigenvalue weighted by molar-refractivity contribution is 0.378. The molecule has 0 atom stereocenters. The highest BCUT2D eigenvalue weighted by Gasteiger charge is 2.12. The minimum absolute atomic E-state index is 0. The maximum Gasteiger partial charge on any atom is 0.248 e. The molecule has 3 rings (SSSR count). The molecule has 2 heterocycles. The van der Waals surface area contributed by atoms with Crippen LogP contribution in [0.25, 0.3) is 11.4 Å². The van der Waals surface area contributed by atoms with Crippen molar-refractivity contribution in [2.45, 2.75) is 32.2 Å². The number of guanidine groups is 1. The summed E-state index contributed by atoms with van der Waals surface area (Å²) in [4.78, 5) is 10.8. The summed E-state index contributed by atoms with van der Waals surface area (Å²) >= 11 is 5.97. The zero-order valence-corrected chi connectivity index (χ0v) is 16.4. The van der Waals surface area contributed by atoms with E-state index in [2.05, 4.69) is 20.0 Å². The molecule has 0 saturated carbocycles. The number of nitrogens with zero attached hydrogens (tertiary/aromatic N) is 4. The molecule has 0 aliphatic carbocycles. The molecule has 0 radical (unpaired) electrons. The van der Waals surface area contributed by atoms with E-state index in [1.54, 1.807) is 12.1 Å². The van der Waals surface area contributed by atoms with Gasteiger partial charge in [-0.2, -0.15) is 4.98 Å². The molecule has 1 aliphatic heterocycles. The fraction of sp³-hybridized carbons (Fsp3) is 0.438. The van der Waals surface area contributed by atoms with E-state index in [0.717, 1.165) is 31.5 Å². The van der Waals surface area contributed by atoms with Gasteiger partial charge in [0, 0.05) is 23.7 Å². The van der Waals surface area contributed by atoms with Crippen molar-refractivity contribution < 1.29 is 4.52 Å². The molecule has 0 bridgehead atoms. The molecule has 24 heavy (non-hydrogen) atoms. The van der Waals surface area contributed by atoms with E-state index in [1.807, 2.05) is 12.1 Å². The number of nitrogens with two attached hydrogens (primary N) is 1. The number of likely N-dealkylation sites (tertiary alicyclic amines) is 1. The van der Waals surface area contributed by atoms with E-state index < -0.39 is 0 Å². The molecule has 130 valence electrons. The van der Waals surface area contributed by atoms with Gasteiger partial charge in [0.1, 0.15) is 6.54 Å². The third kappa shape index (κ3) is 5.07. The fourth-order valence-electron chi connectivity index (χ4n) is 2.61. The van der Waals surface area contributed by atoms with Crippen LogP contribution in [0.5, 0.6) is 0 Å². The molecule has 6 nitrogen and oxygen atoms in total.